The minimum atomic E-state index is -0.115. The summed E-state index contributed by atoms with van der Waals surface area (Å²) >= 11 is 0. The van der Waals surface area contributed by atoms with Crippen LogP contribution >= 0.6 is 0 Å². The number of nitrogens with zero attached hydrogens (tertiary/aromatic N) is 1. The van der Waals surface area contributed by atoms with Crippen LogP contribution in [0.4, 0.5) is 0 Å². The summed E-state index contributed by atoms with van der Waals surface area (Å²) in [5, 5.41) is 2.93. The third kappa shape index (κ3) is 4.10. The Balaban J connectivity index is 2.42. The zero-order valence-electron chi connectivity index (χ0n) is 10.7. The first-order chi connectivity index (χ1) is 8.04. The topological polar surface area (TPSA) is 49.4 Å². The average Bonchev–Trinajstić information content (AvgIpc) is 2.28. The molecule has 1 aliphatic rings. The predicted molar refractivity (Wildman–Crippen MR) is 66.1 cm³/mol. The van der Waals surface area contributed by atoms with Crippen LogP contribution in [0.25, 0.3) is 0 Å². The molecule has 0 aromatic carbocycles. The number of nitrogens with one attached hydrogen (secondary N) is 1. The van der Waals surface area contributed by atoms with Crippen LogP contribution in [0.15, 0.2) is 0 Å². The molecule has 0 aromatic rings. The first-order valence-electron chi connectivity index (χ1n) is 6.01. The van der Waals surface area contributed by atoms with Gasteiger partial charge >= 0.3 is 0 Å². The van der Waals surface area contributed by atoms with Crippen molar-refractivity contribution in [2.75, 3.05) is 7.05 Å². The molecule has 1 N–H and O–H groups in total. The summed E-state index contributed by atoms with van der Waals surface area (Å²) < 4.78 is 0. The van der Waals surface area contributed by atoms with Crippen molar-refractivity contribution in [3.63, 3.8) is 0 Å². The van der Waals surface area contributed by atoms with Crippen LogP contribution in [0.5, 0.6) is 0 Å². The number of carbonyl (C=O) groups excluding carboxylic acids is 2. The van der Waals surface area contributed by atoms with E-state index >= 15 is 0 Å². The first-order valence-corrected chi connectivity index (χ1v) is 6.01. The highest BCUT2D eigenvalue weighted by molar-refractivity contribution is 5.93. The molecule has 4 nitrogen and oxygen atoms in total. The van der Waals surface area contributed by atoms with E-state index in [2.05, 4.69) is 17.2 Å². The van der Waals surface area contributed by atoms with E-state index in [1.54, 1.807) is 25.8 Å². The minimum Gasteiger partial charge on any atom is -0.354 e. The molecule has 0 atom stereocenters. The van der Waals surface area contributed by atoms with E-state index in [0.29, 0.717) is 0 Å². The molecule has 0 unspecified atom stereocenters. The molecule has 0 heterocycles. The highest BCUT2D eigenvalue weighted by atomic mass is 16.2. The Bertz CT molecular complexity index is 346. The Morgan fingerprint density at radius 2 is 1.82 bits per heavy atom. The zero-order valence-corrected chi connectivity index (χ0v) is 10.7. The quantitative estimate of drug-likeness (QED) is 0.725. The molecule has 0 radical (unpaired) electrons. The van der Waals surface area contributed by atoms with Gasteiger partial charge in [0.1, 0.15) is 0 Å². The van der Waals surface area contributed by atoms with Crippen molar-refractivity contribution in [3.05, 3.63) is 0 Å². The van der Waals surface area contributed by atoms with Crippen molar-refractivity contribution in [2.45, 2.75) is 51.6 Å². The smallest absolute Gasteiger partial charge is 0.298 e. The Labute approximate surface area is 103 Å². The molecule has 2 amide bonds. The molecule has 1 saturated carbocycles. The van der Waals surface area contributed by atoms with Gasteiger partial charge in [-0.3, -0.25) is 9.59 Å². The fourth-order valence-corrected chi connectivity index (χ4v) is 2.26. The van der Waals surface area contributed by atoms with Gasteiger partial charge in [-0.2, -0.15) is 0 Å². The Hall–Kier alpha value is -1.50. The lowest BCUT2D eigenvalue weighted by molar-refractivity contribution is -0.127. The Morgan fingerprint density at radius 1 is 1.24 bits per heavy atom. The number of rotatable bonds is 2. The van der Waals surface area contributed by atoms with Crippen molar-refractivity contribution in [2.24, 2.45) is 0 Å². The summed E-state index contributed by atoms with van der Waals surface area (Å²) in [6, 6.07) is 0.526. The normalized spacial score (nSPS) is 23.2. The lowest BCUT2D eigenvalue weighted by Gasteiger charge is -2.33. The summed E-state index contributed by atoms with van der Waals surface area (Å²) in [5.41, 5.74) is 0. The van der Waals surface area contributed by atoms with E-state index in [9.17, 15) is 9.59 Å². The first kappa shape index (κ1) is 13.6. The van der Waals surface area contributed by atoms with E-state index in [0.717, 1.165) is 25.7 Å². The van der Waals surface area contributed by atoms with Crippen molar-refractivity contribution in [1.82, 2.24) is 10.2 Å². The molecule has 4 heteroatoms. The predicted octanol–water partition coefficient (Wildman–Crippen LogP) is 0.915. The summed E-state index contributed by atoms with van der Waals surface area (Å²) in [6.45, 7) is 3.21. The van der Waals surface area contributed by atoms with Gasteiger partial charge in [0.25, 0.3) is 5.91 Å². The zero-order chi connectivity index (χ0) is 12.8. The van der Waals surface area contributed by atoms with Gasteiger partial charge in [0.15, 0.2) is 0 Å². The molecule has 0 aliphatic heterocycles. The molecule has 0 spiro atoms. The summed E-state index contributed by atoms with van der Waals surface area (Å²) in [7, 11) is 1.80. The Kier molecular flexibility index (Phi) is 5.02. The van der Waals surface area contributed by atoms with Crippen LogP contribution in [0, 0.1) is 11.8 Å². The number of hydrogen-bond acceptors (Lipinski definition) is 2. The van der Waals surface area contributed by atoms with Crippen molar-refractivity contribution >= 4 is 11.8 Å². The standard InChI is InChI=1S/C13H20N2O2/c1-4-5-13(17)15(3)12-8-6-11(7-9-12)14-10(2)16/h11-12H,6-9H2,1-3H3,(H,14,16). The molecule has 0 aromatic heterocycles. The highest BCUT2D eigenvalue weighted by Gasteiger charge is 2.26. The average molecular weight is 236 g/mol. The van der Waals surface area contributed by atoms with Crippen LogP contribution in [-0.4, -0.2) is 35.8 Å². The maximum atomic E-state index is 11.6. The third-order valence-corrected chi connectivity index (χ3v) is 3.20. The van der Waals surface area contributed by atoms with Crippen LogP contribution < -0.4 is 5.32 Å². The van der Waals surface area contributed by atoms with Crippen molar-refractivity contribution < 1.29 is 9.59 Å². The summed E-state index contributed by atoms with van der Waals surface area (Å²) in [4.78, 5) is 24.2. The fraction of sp³-hybridized carbons (Fsp3) is 0.692. The van der Waals surface area contributed by atoms with Crippen LogP contribution in [0.3, 0.4) is 0 Å². The summed E-state index contributed by atoms with van der Waals surface area (Å²) in [5.74, 6) is 5.08. The number of carbonyl (C=O) groups is 2. The fourth-order valence-electron chi connectivity index (χ4n) is 2.26. The van der Waals surface area contributed by atoms with E-state index in [1.165, 1.54) is 0 Å². The third-order valence-electron chi connectivity index (χ3n) is 3.20. The van der Waals surface area contributed by atoms with Gasteiger partial charge in [0.05, 0.1) is 0 Å². The number of amides is 2. The molecule has 1 aliphatic carbocycles. The molecule has 0 saturated heterocycles. The monoisotopic (exact) mass is 236 g/mol. The second-order valence-electron chi connectivity index (χ2n) is 4.50. The highest BCUT2D eigenvalue weighted by Crippen LogP contribution is 2.22. The van der Waals surface area contributed by atoms with Crippen molar-refractivity contribution in [1.29, 1.82) is 0 Å². The van der Waals surface area contributed by atoms with Crippen LogP contribution in [0.1, 0.15) is 39.5 Å². The van der Waals surface area contributed by atoms with E-state index < -0.39 is 0 Å². The lowest BCUT2D eigenvalue weighted by Crippen LogP contribution is -2.43. The van der Waals surface area contributed by atoms with Crippen molar-refractivity contribution in [3.8, 4) is 11.8 Å². The second-order valence-corrected chi connectivity index (χ2v) is 4.50. The maximum Gasteiger partial charge on any atom is 0.298 e. The molecule has 1 rings (SSSR count). The molecule has 17 heavy (non-hydrogen) atoms. The van der Waals surface area contributed by atoms with Gasteiger partial charge in [-0.05, 0) is 38.5 Å². The van der Waals surface area contributed by atoms with Gasteiger partial charge in [-0.15, -0.1) is 0 Å². The Morgan fingerprint density at radius 3 is 2.29 bits per heavy atom. The summed E-state index contributed by atoms with van der Waals surface area (Å²) in [6.07, 6.45) is 3.72. The van der Waals surface area contributed by atoms with Gasteiger partial charge in [0, 0.05) is 26.1 Å². The van der Waals surface area contributed by atoms with Gasteiger partial charge in [0.2, 0.25) is 5.91 Å². The van der Waals surface area contributed by atoms with Gasteiger partial charge in [-0.1, -0.05) is 5.92 Å². The van der Waals surface area contributed by atoms with Gasteiger partial charge < -0.3 is 10.2 Å². The molecular formula is C13H20N2O2. The maximum absolute atomic E-state index is 11.6. The molecule has 94 valence electrons. The molecular weight excluding hydrogens is 216 g/mol. The molecule has 0 bridgehead atoms. The molecule has 1 fully saturated rings. The lowest BCUT2D eigenvalue weighted by atomic mass is 9.90. The minimum absolute atomic E-state index is 0.0229. The van der Waals surface area contributed by atoms with E-state index in [4.69, 9.17) is 0 Å². The SMILES string of the molecule is CC#CC(=O)N(C)C1CCC(NC(C)=O)CC1. The largest absolute Gasteiger partial charge is 0.354 e. The van der Waals surface area contributed by atoms with Crippen LogP contribution in [-0.2, 0) is 9.59 Å². The number of hydrogen-bond donors (Lipinski definition) is 1. The van der Waals surface area contributed by atoms with E-state index in [1.807, 2.05) is 0 Å². The van der Waals surface area contributed by atoms with Gasteiger partial charge in [-0.25, -0.2) is 0 Å². The van der Waals surface area contributed by atoms with E-state index in [-0.39, 0.29) is 23.9 Å². The second kappa shape index (κ2) is 6.29. The van der Waals surface area contributed by atoms with Crippen LogP contribution in [0.2, 0.25) is 0 Å².